The third kappa shape index (κ3) is 3.58. The molecule has 1 aromatic carbocycles. The van der Waals surface area contributed by atoms with E-state index < -0.39 is 15.8 Å². The first-order valence-corrected chi connectivity index (χ1v) is 8.89. The van der Waals surface area contributed by atoms with Crippen LogP contribution in [0, 0.1) is 11.7 Å². The van der Waals surface area contributed by atoms with Crippen LogP contribution in [0.15, 0.2) is 27.6 Å². The van der Waals surface area contributed by atoms with E-state index in [1.807, 2.05) is 0 Å². The van der Waals surface area contributed by atoms with Crippen LogP contribution in [0.3, 0.4) is 0 Å². The van der Waals surface area contributed by atoms with E-state index in [0.717, 1.165) is 31.7 Å². The van der Waals surface area contributed by atoms with Gasteiger partial charge in [0.2, 0.25) is 10.0 Å². The molecule has 1 fully saturated rings. The number of sulfonamides is 1. The SMILES string of the molecule is NCC(NS(=O)(=O)c1cc(Br)ccc1F)C1CCCC1. The summed E-state index contributed by atoms with van der Waals surface area (Å²) in [6, 6.07) is 3.53. The van der Waals surface area contributed by atoms with Gasteiger partial charge in [0.25, 0.3) is 0 Å². The van der Waals surface area contributed by atoms with Crippen molar-refractivity contribution >= 4 is 26.0 Å². The van der Waals surface area contributed by atoms with Gasteiger partial charge in [0.05, 0.1) is 0 Å². The molecule has 0 saturated heterocycles. The van der Waals surface area contributed by atoms with Crippen LogP contribution in [0.25, 0.3) is 0 Å². The monoisotopic (exact) mass is 364 g/mol. The van der Waals surface area contributed by atoms with Crippen molar-refractivity contribution in [3.8, 4) is 0 Å². The molecule has 1 aromatic rings. The molecule has 0 aromatic heterocycles. The van der Waals surface area contributed by atoms with Crippen molar-refractivity contribution in [1.29, 1.82) is 0 Å². The second kappa shape index (κ2) is 6.51. The lowest BCUT2D eigenvalue weighted by atomic mass is 9.99. The second-order valence-corrected chi connectivity index (χ2v) is 7.68. The van der Waals surface area contributed by atoms with Crippen LogP contribution in [-0.4, -0.2) is 21.0 Å². The lowest BCUT2D eigenvalue weighted by Gasteiger charge is -2.23. The number of nitrogens with one attached hydrogen (secondary N) is 1. The van der Waals surface area contributed by atoms with E-state index in [2.05, 4.69) is 20.7 Å². The molecule has 1 saturated carbocycles. The predicted molar refractivity (Wildman–Crippen MR) is 79.2 cm³/mol. The Morgan fingerprint density at radius 3 is 2.65 bits per heavy atom. The Morgan fingerprint density at radius 1 is 1.40 bits per heavy atom. The normalized spacial score (nSPS) is 18.4. The Bertz CT molecular complexity index is 574. The molecule has 2 rings (SSSR count). The predicted octanol–water partition coefficient (Wildman–Crippen LogP) is 2.38. The summed E-state index contributed by atoms with van der Waals surface area (Å²) in [4.78, 5) is -0.344. The van der Waals surface area contributed by atoms with Crippen molar-refractivity contribution in [2.75, 3.05) is 6.54 Å². The minimum atomic E-state index is -3.90. The van der Waals surface area contributed by atoms with Crippen LogP contribution >= 0.6 is 15.9 Å². The molecule has 0 amide bonds. The summed E-state index contributed by atoms with van der Waals surface area (Å²) in [7, 11) is -3.90. The minimum Gasteiger partial charge on any atom is -0.329 e. The zero-order valence-corrected chi connectivity index (χ0v) is 13.4. The minimum absolute atomic E-state index is 0.222. The van der Waals surface area contributed by atoms with Crippen LogP contribution in [-0.2, 0) is 10.0 Å². The fourth-order valence-electron chi connectivity index (χ4n) is 2.64. The molecule has 7 heteroatoms. The van der Waals surface area contributed by atoms with Gasteiger partial charge in [-0.05, 0) is 37.0 Å². The number of rotatable bonds is 5. The van der Waals surface area contributed by atoms with Crippen LogP contribution in [0.1, 0.15) is 25.7 Å². The van der Waals surface area contributed by atoms with Crippen LogP contribution < -0.4 is 10.5 Å². The maximum atomic E-state index is 13.7. The highest BCUT2D eigenvalue weighted by atomic mass is 79.9. The van der Waals surface area contributed by atoms with Crippen LogP contribution in [0.5, 0.6) is 0 Å². The van der Waals surface area contributed by atoms with Gasteiger partial charge in [0.15, 0.2) is 0 Å². The lowest BCUT2D eigenvalue weighted by Crippen LogP contribution is -2.44. The average Bonchev–Trinajstić information content (AvgIpc) is 2.92. The van der Waals surface area contributed by atoms with E-state index in [1.165, 1.54) is 12.1 Å². The van der Waals surface area contributed by atoms with Crippen molar-refractivity contribution in [2.24, 2.45) is 11.7 Å². The molecule has 112 valence electrons. The van der Waals surface area contributed by atoms with E-state index in [4.69, 9.17) is 5.73 Å². The van der Waals surface area contributed by atoms with Gasteiger partial charge in [-0.25, -0.2) is 17.5 Å². The lowest BCUT2D eigenvalue weighted by molar-refractivity contribution is 0.404. The van der Waals surface area contributed by atoms with Crippen molar-refractivity contribution < 1.29 is 12.8 Å². The van der Waals surface area contributed by atoms with Gasteiger partial charge in [-0.2, -0.15) is 0 Å². The molecule has 20 heavy (non-hydrogen) atoms. The molecule has 3 N–H and O–H groups in total. The summed E-state index contributed by atoms with van der Waals surface area (Å²) in [6.45, 7) is 0.222. The van der Waals surface area contributed by atoms with Crippen molar-refractivity contribution in [2.45, 2.75) is 36.6 Å². The maximum Gasteiger partial charge on any atom is 0.243 e. The molecule has 1 unspecified atom stereocenters. The molecule has 4 nitrogen and oxygen atoms in total. The molecular formula is C13H18BrFN2O2S. The highest BCUT2D eigenvalue weighted by molar-refractivity contribution is 9.10. The third-order valence-electron chi connectivity index (χ3n) is 3.71. The van der Waals surface area contributed by atoms with Gasteiger partial charge in [-0.3, -0.25) is 0 Å². The van der Waals surface area contributed by atoms with E-state index in [9.17, 15) is 12.8 Å². The molecule has 1 aliphatic rings. The van der Waals surface area contributed by atoms with E-state index in [1.54, 1.807) is 0 Å². The zero-order chi connectivity index (χ0) is 14.8. The maximum absolute atomic E-state index is 13.7. The Morgan fingerprint density at radius 2 is 2.05 bits per heavy atom. The van der Waals surface area contributed by atoms with Gasteiger partial charge in [0, 0.05) is 17.1 Å². The summed E-state index contributed by atoms with van der Waals surface area (Å²) >= 11 is 3.15. The summed E-state index contributed by atoms with van der Waals surface area (Å²) in [5.41, 5.74) is 5.68. The Labute approximate surface area is 127 Å². The quantitative estimate of drug-likeness (QED) is 0.842. The first-order valence-electron chi connectivity index (χ1n) is 6.61. The Hall–Kier alpha value is -0.500. The summed E-state index contributed by atoms with van der Waals surface area (Å²) in [5.74, 6) is -0.520. The van der Waals surface area contributed by atoms with E-state index in [0.29, 0.717) is 4.47 Å². The Balaban J connectivity index is 2.23. The fraction of sp³-hybridized carbons (Fsp3) is 0.538. The topological polar surface area (TPSA) is 72.2 Å². The summed E-state index contributed by atoms with van der Waals surface area (Å²) < 4.78 is 41.4. The van der Waals surface area contributed by atoms with Crippen molar-refractivity contribution in [1.82, 2.24) is 4.72 Å². The van der Waals surface area contributed by atoms with Gasteiger partial charge in [-0.1, -0.05) is 28.8 Å². The smallest absolute Gasteiger partial charge is 0.243 e. The van der Waals surface area contributed by atoms with Crippen LogP contribution in [0.2, 0.25) is 0 Å². The number of benzene rings is 1. The summed E-state index contributed by atoms with van der Waals surface area (Å²) in [5, 5.41) is 0. The standard InChI is InChI=1S/C13H18BrFN2O2S/c14-10-5-6-11(15)13(7-10)20(18,19)17-12(8-16)9-3-1-2-4-9/h5-7,9,12,17H,1-4,8,16H2. The highest BCUT2D eigenvalue weighted by Crippen LogP contribution is 2.28. The molecular weight excluding hydrogens is 347 g/mol. The van der Waals surface area contributed by atoms with Crippen molar-refractivity contribution in [3.63, 3.8) is 0 Å². The fourth-order valence-corrected chi connectivity index (χ4v) is 4.58. The molecule has 0 radical (unpaired) electrons. The third-order valence-corrected chi connectivity index (χ3v) is 5.71. The Kier molecular flexibility index (Phi) is 5.17. The van der Waals surface area contributed by atoms with E-state index in [-0.39, 0.29) is 23.4 Å². The van der Waals surface area contributed by atoms with Gasteiger partial charge >= 0.3 is 0 Å². The first-order chi connectivity index (χ1) is 9.44. The zero-order valence-electron chi connectivity index (χ0n) is 11.0. The van der Waals surface area contributed by atoms with Gasteiger partial charge in [0.1, 0.15) is 10.7 Å². The molecule has 1 aliphatic carbocycles. The molecule has 1 atom stereocenters. The number of nitrogens with two attached hydrogens (primary N) is 1. The number of hydrogen-bond acceptors (Lipinski definition) is 3. The van der Waals surface area contributed by atoms with Gasteiger partial charge in [-0.15, -0.1) is 0 Å². The molecule has 0 aliphatic heterocycles. The highest BCUT2D eigenvalue weighted by Gasteiger charge is 2.29. The van der Waals surface area contributed by atoms with Gasteiger partial charge < -0.3 is 5.73 Å². The summed E-state index contributed by atoms with van der Waals surface area (Å²) in [6.07, 6.45) is 4.11. The average molecular weight is 365 g/mol. The number of hydrogen-bond donors (Lipinski definition) is 2. The van der Waals surface area contributed by atoms with Crippen LogP contribution in [0.4, 0.5) is 4.39 Å². The van der Waals surface area contributed by atoms with E-state index >= 15 is 0 Å². The molecule has 0 heterocycles. The first kappa shape index (κ1) is 15.9. The largest absolute Gasteiger partial charge is 0.329 e. The number of halogens is 2. The second-order valence-electron chi connectivity index (χ2n) is 5.08. The van der Waals surface area contributed by atoms with Crippen molar-refractivity contribution in [3.05, 3.63) is 28.5 Å². The molecule has 0 spiro atoms. The molecule has 0 bridgehead atoms.